The summed E-state index contributed by atoms with van der Waals surface area (Å²) in [5.41, 5.74) is 1.93. The van der Waals surface area contributed by atoms with Gasteiger partial charge in [0.05, 0.1) is 25.0 Å². The molecule has 2 aromatic heterocycles. The van der Waals surface area contributed by atoms with Gasteiger partial charge in [0, 0.05) is 19.3 Å². The van der Waals surface area contributed by atoms with Crippen LogP contribution >= 0.6 is 0 Å². The molecule has 126 valence electrons. The summed E-state index contributed by atoms with van der Waals surface area (Å²) in [6.45, 7) is 0.952. The SMILES string of the molecule is Cn1cc(CCCN[C@H]2CCCC[C@H]2n2cc(CO)nn2)cn1. The van der Waals surface area contributed by atoms with Gasteiger partial charge in [0.25, 0.3) is 0 Å². The van der Waals surface area contributed by atoms with Gasteiger partial charge in [-0.15, -0.1) is 5.10 Å². The van der Waals surface area contributed by atoms with E-state index in [1.807, 2.05) is 28.8 Å². The van der Waals surface area contributed by atoms with Crippen LogP contribution in [-0.2, 0) is 20.1 Å². The molecular formula is C16H26N6O. The molecule has 2 heterocycles. The summed E-state index contributed by atoms with van der Waals surface area (Å²) in [5, 5.41) is 25.3. The maximum atomic E-state index is 9.16. The second-order valence-electron chi connectivity index (χ2n) is 6.39. The topological polar surface area (TPSA) is 80.8 Å². The van der Waals surface area contributed by atoms with Crippen LogP contribution in [0.4, 0.5) is 0 Å². The minimum atomic E-state index is -0.0457. The van der Waals surface area contributed by atoms with Gasteiger partial charge in [-0.2, -0.15) is 5.10 Å². The van der Waals surface area contributed by atoms with E-state index in [2.05, 4.69) is 26.9 Å². The van der Waals surface area contributed by atoms with Crippen molar-refractivity contribution < 1.29 is 5.11 Å². The Morgan fingerprint density at radius 1 is 1.30 bits per heavy atom. The van der Waals surface area contributed by atoms with Crippen molar-refractivity contribution in [2.45, 2.75) is 57.2 Å². The molecule has 0 spiro atoms. The summed E-state index contributed by atoms with van der Waals surface area (Å²) in [4.78, 5) is 0. The maximum Gasteiger partial charge on any atom is 0.108 e. The molecule has 1 aliphatic carbocycles. The Morgan fingerprint density at radius 2 is 2.17 bits per heavy atom. The van der Waals surface area contributed by atoms with E-state index in [4.69, 9.17) is 5.11 Å². The molecule has 0 saturated heterocycles. The molecule has 2 N–H and O–H groups in total. The predicted octanol–water partition coefficient (Wildman–Crippen LogP) is 1.21. The number of hydrogen-bond acceptors (Lipinski definition) is 5. The van der Waals surface area contributed by atoms with Crippen molar-refractivity contribution in [1.82, 2.24) is 30.1 Å². The molecule has 2 atom stereocenters. The monoisotopic (exact) mass is 318 g/mol. The Kier molecular flexibility index (Phi) is 5.40. The molecule has 2 aromatic rings. The highest BCUT2D eigenvalue weighted by Crippen LogP contribution is 2.28. The average molecular weight is 318 g/mol. The number of nitrogens with zero attached hydrogens (tertiary/aromatic N) is 5. The lowest BCUT2D eigenvalue weighted by Crippen LogP contribution is -2.40. The van der Waals surface area contributed by atoms with Crippen LogP contribution in [0.3, 0.4) is 0 Å². The highest BCUT2D eigenvalue weighted by molar-refractivity contribution is 5.03. The Labute approximate surface area is 136 Å². The normalized spacial score (nSPS) is 21.7. The number of aryl methyl sites for hydroxylation is 2. The highest BCUT2D eigenvalue weighted by atomic mass is 16.3. The van der Waals surface area contributed by atoms with E-state index >= 15 is 0 Å². The third kappa shape index (κ3) is 4.17. The molecule has 0 amide bonds. The third-order valence-corrected chi connectivity index (χ3v) is 4.60. The fraction of sp³-hybridized carbons (Fsp3) is 0.688. The zero-order valence-corrected chi connectivity index (χ0v) is 13.7. The third-order valence-electron chi connectivity index (χ3n) is 4.60. The lowest BCUT2D eigenvalue weighted by atomic mass is 9.90. The van der Waals surface area contributed by atoms with Crippen LogP contribution in [-0.4, -0.2) is 42.5 Å². The maximum absolute atomic E-state index is 9.16. The Bertz CT molecular complexity index is 607. The molecule has 7 heteroatoms. The molecule has 0 bridgehead atoms. The first kappa shape index (κ1) is 16.1. The Balaban J connectivity index is 1.50. The second kappa shape index (κ2) is 7.70. The van der Waals surface area contributed by atoms with Gasteiger partial charge in [0.1, 0.15) is 5.69 Å². The lowest BCUT2D eigenvalue weighted by Gasteiger charge is -2.32. The molecule has 1 aliphatic rings. The van der Waals surface area contributed by atoms with E-state index in [1.54, 1.807) is 0 Å². The van der Waals surface area contributed by atoms with Crippen molar-refractivity contribution in [3.05, 3.63) is 29.8 Å². The van der Waals surface area contributed by atoms with Crippen LogP contribution in [0.15, 0.2) is 18.6 Å². The molecule has 3 rings (SSSR count). The standard InChI is InChI=1S/C16H26N6O/c1-21-10-13(9-18-21)5-4-8-17-15-6-2-3-7-16(15)22-11-14(12-23)19-20-22/h9-11,15-17,23H,2-8,12H2,1H3/t15-,16+/m0/s1. The minimum Gasteiger partial charge on any atom is -0.390 e. The molecule has 1 saturated carbocycles. The molecule has 1 fully saturated rings. The van der Waals surface area contributed by atoms with Gasteiger partial charge < -0.3 is 10.4 Å². The number of rotatable bonds is 7. The number of aliphatic hydroxyl groups excluding tert-OH is 1. The number of nitrogens with one attached hydrogen (secondary N) is 1. The van der Waals surface area contributed by atoms with Gasteiger partial charge in [0.15, 0.2) is 0 Å². The van der Waals surface area contributed by atoms with Crippen LogP contribution < -0.4 is 5.32 Å². The van der Waals surface area contributed by atoms with Crippen LogP contribution in [0.1, 0.15) is 49.4 Å². The summed E-state index contributed by atoms with van der Waals surface area (Å²) in [6.07, 6.45) is 12.8. The van der Waals surface area contributed by atoms with Gasteiger partial charge >= 0.3 is 0 Å². The first-order chi connectivity index (χ1) is 11.3. The van der Waals surface area contributed by atoms with E-state index < -0.39 is 0 Å². The summed E-state index contributed by atoms with van der Waals surface area (Å²) in [7, 11) is 1.95. The van der Waals surface area contributed by atoms with Crippen LogP contribution in [0, 0.1) is 0 Å². The fourth-order valence-electron chi connectivity index (χ4n) is 3.39. The molecule has 0 unspecified atom stereocenters. The summed E-state index contributed by atoms with van der Waals surface area (Å²) in [6, 6.07) is 0.779. The minimum absolute atomic E-state index is 0.0457. The van der Waals surface area contributed by atoms with Crippen molar-refractivity contribution in [3.8, 4) is 0 Å². The quantitative estimate of drug-likeness (QED) is 0.750. The summed E-state index contributed by atoms with van der Waals surface area (Å²) in [5.74, 6) is 0. The van der Waals surface area contributed by atoms with E-state index in [9.17, 15) is 0 Å². The number of aliphatic hydroxyl groups is 1. The van der Waals surface area contributed by atoms with Crippen LogP contribution in [0.2, 0.25) is 0 Å². The Morgan fingerprint density at radius 3 is 2.91 bits per heavy atom. The van der Waals surface area contributed by atoms with Crippen molar-refractivity contribution in [3.63, 3.8) is 0 Å². The van der Waals surface area contributed by atoms with Crippen molar-refractivity contribution in [2.75, 3.05) is 6.54 Å². The van der Waals surface area contributed by atoms with Gasteiger partial charge in [-0.25, -0.2) is 4.68 Å². The molecule has 23 heavy (non-hydrogen) atoms. The van der Waals surface area contributed by atoms with Gasteiger partial charge in [-0.1, -0.05) is 18.1 Å². The van der Waals surface area contributed by atoms with Crippen molar-refractivity contribution in [1.29, 1.82) is 0 Å². The molecule has 0 aromatic carbocycles. The molecular weight excluding hydrogens is 292 g/mol. The van der Waals surface area contributed by atoms with Crippen molar-refractivity contribution >= 4 is 0 Å². The van der Waals surface area contributed by atoms with E-state index in [0.717, 1.165) is 25.8 Å². The second-order valence-corrected chi connectivity index (χ2v) is 6.39. The first-order valence-electron chi connectivity index (χ1n) is 8.49. The van der Waals surface area contributed by atoms with Crippen molar-refractivity contribution in [2.24, 2.45) is 7.05 Å². The predicted molar refractivity (Wildman–Crippen MR) is 86.8 cm³/mol. The summed E-state index contributed by atoms with van der Waals surface area (Å²) < 4.78 is 3.78. The van der Waals surface area contributed by atoms with E-state index in [-0.39, 0.29) is 6.61 Å². The first-order valence-corrected chi connectivity index (χ1v) is 8.49. The molecule has 7 nitrogen and oxygen atoms in total. The average Bonchev–Trinajstić information content (AvgIpc) is 3.21. The summed E-state index contributed by atoms with van der Waals surface area (Å²) >= 11 is 0. The van der Waals surface area contributed by atoms with Gasteiger partial charge in [-0.3, -0.25) is 4.68 Å². The van der Waals surface area contributed by atoms with E-state index in [1.165, 1.54) is 24.8 Å². The zero-order valence-electron chi connectivity index (χ0n) is 13.7. The fourth-order valence-corrected chi connectivity index (χ4v) is 3.39. The smallest absolute Gasteiger partial charge is 0.108 e. The largest absolute Gasteiger partial charge is 0.390 e. The molecule has 0 aliphatic heterocycles. The van der Waals surface area contributed by atoms with Crippen LogP contribution in [0.25, 0.3) is 0 Å². The number of aromatic nitrogens is 5. The lowest BCUT2D eigenvalue weighted by molar-refractivity contribution is 0.243. The van der Waals surface area contributed by atoms with Gasteiger partial charge in [0.2, 0.25) is 0 Å². The van der Waals surface area contributed by atoms with E-state index in [0.29, 0.717) is 17.8 Å². The van der Waals surface area contributed by atoms with Gasteiger partial charge in [-0.05, 0) is 37.8 Å². The van der Waals surface area contributed by atoms with Crippen LogP contribution in [0.5, 0.6) is 0 Å². The Hall–Kier alpha value is -1.73. The molecule has 0 radical (unpaired) electrons. The highest BCUT2D eigenvalue weighted by Gasteiger charge is 2.27. The number of hydrogen-bond donors (Lipinski definition) is 2. The zero-order chi connectivity index (χ0) is 16.1.